The molecule has 0 radical (unpaired) electrons. The van der Waals surface area contributed by atoms with Crippen LogP contribution in [0, 0.1) is 0 Å². The Bertz CT molecular complexity index is 552. The molecule has 1 heterocycles. The summed E-state index contributed by atoms with van der Waals surface area (Å²) in [6, 6.07) is 6.78. The van der Waals surface area contributed by atoms with Gasteiger partial charge in [0.2, 0.25) is 0 Å². The van der Waals surface area contributed by atoms with Crippen molar-refractivity contribution in [2.24, 2.45) is 0 Å². The SMILES string of the molecule is CN(Cc1ccsc1)c1cc(C(=O)O)ccc1N. The van der Waals surface area contributed by atoms with Crippen LogP contribution in [0.3, 0.4) is 0 Å². The van der Waals surface area contributed by atoms with Crippen molar-refractivity contribution in [1.82, 2.24) is 0 Å². The van der Waals surface area contributed by atoms with E-state index in [4.69, 9.17) is 10.8 Å². The molecule has 0 unspecified atom stereocenters. The summed E-state index contributed by atoms with van der Waals surface area (Å²) in [6.45, 7) is 0.705. The van der Waals surface area contributed by atoms with Gasteiger partial charge in [0, 0.05) is 13.6 Å². The molecule has 2 rings (SSSR count). The number of thiophene rings is 1. The van der Waals surface area contributed by atoms with E-state index in [1.807, 2.05) is 23.4 Å². The molecule has 1 aromatic heterocycles. The second-order valence-electron chi connectivity index (χ2n) is 4.07. The number of benzene rings is 1. The number of carboxylic acids is 1. The lowest BCUT2D eigenvalue weighted by Crippen LogP contribution is -2.18. The van der Waals surface area contributed by atoms with Crippen LogP contribution in [0.25, 0.3) is 0 Å². The molecule has 0 amide bonds. The average Bonchev–Trinajstić information content (AvgIpc) is 2.81. The lowest BCUT2D eigenvalue weighted by molar-refractivity contribution is 0.0697. The van der Waals surface area contributed by atoms with Crippen LogP contribution in [-0.4, -0.2) is 18.1 Å². The Hall–Kier alpha value is -2.01. The normalized spacial score (nSPS) is 10.3. The average molecular weight is 262 g/mol. The van der Waals surface area contributed by atoms with Crippen LogP contribution in [0.1, 0.15) is 15.9 Å². The first-order chi connectivity index (χ1) is 8.58. The number of nitrogens with two attached hydrogens (primary N) is 1. The van der Waals surface area contributed by atoms with Crippen LogP contribution in [-0.2, 0) is 6.54 Å². The van der Waals surface area contributed by atoms with Crippen LogP contribution in [0.15, 0.2) is 35.0 Å². The van der Waals surface area contributed by atoms with Gasteiger partial charge in [-0.25, -0.2) is 4.79 Å². The quantitative estimate of drug-likeness (QED) is 0.831. The van der Waals surface area contributed by atoms with Gasteiger partial charge in [0.1, 0.15) is 0 Å². The molecule has 18 heavy (non-hydrogen) atoms. The van der Waals surface area contributed by atoms with E-state index in [9.17, 15) is 4.79 Å². The summed E-state index contributed by atoms with van der Waals surface area (Å²) in [7, 11) is 1.90. The van der Waals surface area contributed by atoms with Gasteiger partial charge in [-0.3, -0.25) is 0 Å². The molecule has 1 aromatic carbocycles. The number of nitrogens with zero attached hydrogens (tertiary/aromatic N) is 1. The second-order valence-corrected chi connectivity index (χ2v) is 4.85. The molecule has 0 bridgehead atoms. The van der Waals surface area contributed by atoms with E-state index in [1.54, 1.807) is 23.5 Å². The third-order valence-electron chi connectivity index (χ3n) is 2.69. The Kier molecular flexibility index (Phi) is 3.53. The summed E-state index contributed by atoms with van der Waals surface area (Å²) in [4.78, 5) is 12.9. The first-order valence-corrected chi connectivity index (χ1v) is 6.37. The third-order valence-corrected chi connectivity index (χ3v) is 3.42. The second kappa shape index (κ2) is 5.10. The van der Waals surface area contributed by atoms with Crippen LogP contribution < -0.4 is 10.6 Å². The van der Waals surface area contributed by atoms with Crippen molar-refractivity contribution < 1.29 is 9.90 Å². The van der Waals surface area contributed by atoms with E-state index in [0.29, 0.717) is 12.2 Å². The molecule has 2 aromatic rings. The monoisotopic (exact) mass is 262 g/mol. The number of rotatable bonds is 4. The number of aromatic carboxylic acids is 1. The smallest absolute Gasteiger partial charge is 0.335 e. The van der Waals surface area contributed by atoms with Crippen molar-refractivity contribution in [1.29, 1.82) is 0 Å². The molecule has 3 N–H and O–H groups in total. The number of nitrogen functional groups attached to an aromatic ring is 1. The number of carbonyl (C=O) groups is 1. The molecule has 0 saturated carbocycles. The highest BCUT2D eigenvalue weighted by atomic mass is 32.1. The molecule has 0 spiro atoms. The standard InChI is InChI=1S/C13H14N2O2S/c1-15(7-9-4-5-18-8-9)12-6-10(13(16)17)2-3-11(12)14/h2-6,8H,7,14H2,1H3,(H,16,17). The number of anilines is 2. The van der Waals surface area contributed by atoms with Gasteiger partial charge in [-0.05, 0) is 40.6 Å². The zero-order valence-electron chi connectivity index (χ0n) is 9.96. The van der Waals surface area contributed by atoms with Crippen molar-refractivity contribution >= 4 is 28.7 Å². The lowest BCUT2D eigenvalue weighted by atomic mass is 10.1. The number of hydrogen-bond donors (Lipinski definition) is 2. The van der Waals surface area contributed by atoms with E-state index in [-0.39, 0.29) is 5.56 Å². The third kappa shape index (κ3) is 2.62. The van der Waals surface area contributed by atoms with Crippen molar-refractivity contribution in [2.75, 3.05) is 17.7 Å². The van der Waals surface area contributed by atoms with Gasteiger partial charge in [-0.2, -0.15) is 11.3 Å². The Balaban J connectivity index is 2.26. The Labute approximate surface area is 109 Å². The van der Waals surface area contributed by atoms with E-state index in [1.165, 1.54) is 11.6 Å². The molecule has 5 heteroatoms. The maximum Gasteiger partial charge on any atom is 0.335 e. The predicted octanol–water partition coefficient (Wildman–Crippen LogP) is 2.66. The maximum atomic E-state index is 10.9. The Morgan fingerprint density at radius 1 is 1.44 bits per heavy atom. The first kappa shape index (κ1) is 12.4. The molecule has 0 atom stereocenters. The van der Waals surface area contributed by atoms with Gasteiger partial charge < -0.3 is 15.7 Å². The summed E-state index contributed by atoms with van der Waals surface area (Å²) < 4.78 is 0. The van der Waals surface area contributed by atoms with Crippen LogP contribution in [0.4, 0.5) is 11.4 Å². The molecule has 0 aliphatic heterocycles. The highest BCUT2D eigenvalue weighted by Crippen LogP contribution is 2.25. The van der Waals surface area contributed by atoms with Crippen LogP contribution >= 0.6 is 11.3 Å². The minimum absolute atomic E-state index is 0.247. The van der Waals surface area contributed by atoms with Crippen LogP contribution in [0.2, 0.25) is 0 Å². The molecule has 4 nitrogen and oxygen atoms in total. The summed E-state index contributed by atoms with van der Waals surface area (Å²) in [5.74, 6) is -0.944. The minimum atomic E-state index is -0.944. The van der Waals surface area contributed by atoms with Crippen molar-refractivity contribution in [3.05, 3.63) is 46.2 Å². The van der Waals surface area contributed by atoms with E-state index < -0.39 is 5.97 Å². The zero-order chi connectivity index (χ0) is 13.1. The summed E-state index contributed by atoms with van der Waals surface area (Å²) in [6.07, 6.45) is 0. The lowest BCUT2D eigenvalue weighted by Gasteiger charge is -2.21. The van der Waals surface area contributed by atoms with E-state index in [0.717, 1.165) is 5.69 Å². The molecular formula is C13H14N2O2S. The predicted molar refractivity (Wildman–Crippen MR) is 74.2 cm³/mol. The fourth-order valence-corrected chi connectivity index (χ4v) is 2.41. The highest BCUT2D eigenvalue weighted by Gasteiger charge is 2.10. The number of carboxylic acid groups (broad SMARTS) is 1. The molecule has 0 aliphatic rings. The molecule has 0 fully saturated rings. The largest absolute Gasteiger partial charge is 0.478 e. The van der Waals surface area contributed by atoms with Gasteiger partial charge in [0.15, 0.2) is 0 Å². The van der Waals surface area contributed by atoms with Crippen molar-refractivity contribution in [3.8, 4) is 0 Å². The first-order valence-electron chi connectivity index (χ1n) is 5.43. The zero-order valence-corrected chi connectivity index (χ0v) is 10.8. The Morgan fingerprint density at radius 3 is 2.83 bits per heavy atom. The highest BCUT2D eigenvalue weighted by molar-refractivity contribution is 7.07. The summed E-state index contributed by atoms with van der Waals surface area (Å²) in [5, 5.41) is 13.1. The molecule has 94 valence electrons. The summed E-state index contributed by atoms with van der Waals surface area (Å²) in [5.41, 5.74) is 8.64. The van der Waals surface area contributed by atoms with E-state index in [2.05, 4.69) is 5.38 Å². The van der Waals surface area contributed by atoms with Crippen molar-refractivity contribution in [3.63, 3.8) is 0 Å². The molecular weight excluding hydrogens is 248 g/mol. The fraction of sp³-hybridized carbons (Fsp3) is 0.154. The fourth-order valence-electron chi connectivity index (χ4n) is 1.75. The van der Waals surface area contributed by atoms with Crippen LogP contribution in [0.5, 0.6) is 0 Å². The Morgan fingerprint density at radius 2 is 2.22 bits per heavy atom. The molecule has 0 saturated heterocycles. The van der Waals surface area contributed by atoms with Gasteiger partial charge in [0.25, 0.3) is 0 Å². The molecule has 0 aliphatic carbocycles. The maximum absolute atomic E-state index is 10.9. The van der Waals surface area contributed by atoms with Gasteiger partial charge in [-0.15, -0.1) is 0 Å². The van der Waals surface area contributed by atoms with Crippen molar-refractivity contribution in [2.45, 2.75) is 6.54 Å². The summed E-state index contributed by atoms with van der Waals surface area (Å²) >= 11 is 1.64. The van der Waals surface area contributed by atoms with Gasteiger partial charge >= 0.3 is 5.97 Å². The number of hydrogen-bond acceptors (Lipinski definition) is 4. The topological polar surface area (TPSA) is 66.6 Å². The minimum Gasteiger partial charge on any atom is -0.478 e. The van der Waals surface area contributed by atoms with Gasteiger partial charge in [-0.1, -0.05) is 0 Å². The van der Waals surface area contributed by atoms with Gasteiger partial charge in [0.05, 0.1) is 16.9 Å². The van der Waals surface area contributed by atoms with E-state index >= 15 is 0 Å².